The summed E-state index contributed by atoms with van der Waals surface area (Å²) in [7, 11) is 0. The van der Waals surface area contributed by atoms with Crippen molar-refractivity contribution in [3.8, 4) is 17.0 Å². The number of nitrogens with zero attached hydrogens (tertiary/aromatic N) is 3. The van der Waals surface area contributed by atoms with Gasteiger partial charge in [-0.25, -0.2) is 9.97 Å². The van der Waals surface area contributed by atoms with Crippen LogP contribution in [0.5, 0.6) is 5.75 Å². The Kier molecular flexibility index (Phi) is 5.27. The summed E-state index contributed by atoms with van der Waals surface area (Å²) in [6.07, 6.45) is 4.90. The smallest absolute Gasteiger partial charge is 0.387 e. The first-order valence-corrected chi connectivity index (χ1v) is 8.56. The third kappa shape index (κ3) is 4.05. The highest BCUT2D eigenvalue weighted by Gasteiger charge is 2.17. The molecular formula is C17H16F2N4O2S. The predicted molar refractivity (Wildman–Crippen MR) is 94.5 cm³/mol. The number of aromatic nitrogens is 3. The standard InChI is InChI=1S/C17H16F2N4O2S/c1-10(23-8-7-20-9-23)15(24)22-17-21-14(11(2)26-17)12-3-5-13(6-4-12)25-16(18)19/h3-10,16H,1-2H3,(H,21,22,24)/t10-/m0/s1. The van der Waals surface area contributed by atoms with E-state index in [0.29, 0.717) is 10.8 Å². The van der Waals surface area contributed by atoms with Crippen LogP contribution in [0.1, 0.15) is 17.8 Å². The Balaban J connectivity index is 1.73. The van der Waals surface area contributed by atoms with Gasteiger partial charge in [0.05, 0.1) is 12.0 Å². The van der Waals surface area contributed by atoms with Crippen molar-refractivity contribution >= 4 is 22.4 Å². The first-order chi connectivity index (χ1) is 12.4. The van der Waals surface area contributed by atoms with Crippen molar-refractivity contribution in [2.24, 2.45) is 0 Å². The molecule has 0 saturated heterocycles. The average Bonchev–Trinajstić information content (AvgIpc) is 3.24. The molecule has 9 heteroatoms. The summed E-state index contributed by atoms with van der Waals surface area (Å²) in [6, 6.07) is 5.80. The molecule has 26 heavy (non-hydrogen) atoms. The first-order valence-electron chi connectivity index (χ1n) is 7.75. The molecule has 136 valence electrons. The van der Waals surface area contributed by atoms with E-state index in [1.807, 2.05) is 6.92 Å². The van der Waals surface area contributed by atoms with E-state index >= 15 is 0 Å². The van der Waals surface area contributed by atoms with Crippen LogP contribution in [0, 0.1) is 6.92 Å². The lowest BCUT2D eigenvalue weighted by Crippen LogP contribution is -2.22. The van der Waals surface area contributed by atoms with Crippen LogP contribution in [-0.2, 0) is 4.79 Å². The summed E-state index contributed by atoms with van der Waals surface area (Å²) in [5.41, 5.74) is 1.44. The maximum Gasteiger partial charge on any atom is 0.387 e. The molecule has 0 aliphatic carbocycles. The lowest BCUT2D eigenvalue weighted by Gasteiger charge is -2.11. The molecule has 0 unspecified atom stereocenters. The summed E-state index contributed by atoms with van der Waals surface area (Å²) >= 11 is 1.35. The zero-order valence-electron chi connectivity index (χ0n) is 14.0. The number of carbonyl (C=O) groups is 1. The molecule has 0 saturated carbocycles. The van der Waals surface area contributed by atoms with E-state index in [1.165, 1.54) is 23.5 Å². The number of imidazole rings is 1. The van der Waals surface area contributed by atoms with E-state index in [0.717, 1.165) is 10.4 Å². The van der Waals surface area contributed by atoms with E-state index in [2.05, 4.69) is 20.0 Å². The number of aryl methyl sites for hydroxylation is 1. The van der Waals surface area contributed by atoms with Crippen molar-refractivity contribution < 1.29 is 18.3 Å². The molecule has 0 aliphatic heterocycles. The molecule has 3 rings (SSSR count). The van der Waals surface area contributed by atoms with Crippen LogP contribution in [0.4, 0.5) is 13.9 Å². The maximum atomic E-state index is 12.3. The van der Waals surface area contributed by atoms with Gasteiger partial charge in [0.1, 0.15) is 11.8 Å². The number of nitrogens with one attached hydrogen (secondary N) is 1. The number of thiazole rings is 1. The monoisotopic (exact) mass is 378 g/mol. The molecule has 1 N–H and O–H groups in total. The van der Waals surface area contributed by atoms with Crippen LogP contribution in [0.25, 0.3) is 11.3 Å². The molecule has 0 radical (unpaired) electrons. The van der Waals surface area contributed by atoms with Gasteiger partial charge in [-0.3, -0.25) is 4.79 Å². The zero-order chi connectivity index (χ0) is 18.7. The second-order valence-electron chi connectivity index (χ2n) is 5.50. The van der Waals surface area contributed by atoms with Gasteiger partial charge in [-0.05, 0) is 38.1 Å². The average molecular weight is 378 g/mol. The number of carbonyl (C=O) groups excluding carboxylic acids is 1. The lowest BCUT2D eigenvalue weighted by atomic mass is 10.1. The summed E-state index contributed by atoms with van der Waals surface area (Å²) in [5, 5.41) is 3.27. The fourth-order valence-electron chi connectivity index (χ4n) is 2.36. The SMILES string of the molecule is Cc1sc(NC(=O)[C@H](C)n2ccnc2)nc1-c1ccc(OC(F)F)cc1. The molecule has 1 atom stereocenters. The number of ether oxygens (including phenoxy) is 1. The van der Waals surface area contributed by atoms with Crippen molar-refractivity contribution in [3.63, 3.8) is 0 Å². The van der Waals surface area contributed by atoms with Crippen molar-refractivity contribution in [3.05, 3.63) is 47.9 Å². The largest absolute Gasteiger partial charge is 0.435 e. The summed E-state index contributed by atoms with van der Waals surface area (Å²) < 4.78 is 30.5. The number of hydrogen-bond acceptors (Lipinski definition) is 5. The molecule has 3 aromatic rings. The summed E-state index contributed by atoms with van der Waals surface area (Å²) in [4.78, 5) is 21.6. The lowest BCUT2D eigenvalue weighted by molar-refractivity contribution is -0.118. The second-order valence-corrected chi connectivity index (χ2v) is 6.71. The molecule has 0 aliphatic rings. The number of alkyl halides is 2. The third-order valence-corrected chi connectivity index (χ3v) is 4.62. The number of halogens is 2. The highest BCUT2D eigenvalue weighted by molar-refractivity contribution is 7.16. The van der Waals surface area contributed by atoms with Crippen molar-refractivity contribution in [1.82, 2.24) is 14.5 Å². The Morgan fingerprint density at radius 2 is 2.04 bits per heavy atom. The van der Waals surface area contributed by atoms with Gasteiger partial charge in [-0.1, -0.05) is 0 Å². The molecule has 6 nitrogen and oxygen atoms in total. The molecule has 1 aromatic carbocycles. The van der Waals surface area contributed by atoms with E-state index in [1.54, 1.807) is 42.3 Å². The highest BCUT2D eigenvalue weighted by Crippen LogP contribution is 2.31. The van der Waals surface area contributed by atoms with Crippen LogP contribution >= 0.6 is 11.3 Å². The molecule has 2 aromatic heterocycles. The minimum absolute atomic E-state index is 0.0827. The summed E-state index contributed by atoms with van der Waals surface area (Å²) in [5.74, 6) is -0.122. The van der Waals surface area contributed by atoms with E-state index < -0.39 is 12.7 Å². The predicted octanol–water partition coefficient (Wildman–Crippen LogP) is 4.12. The van der Waals surface area contributed by atoms with Crippen LogP contribution < -0.4 is 10.1 Å². The number of hydrogen-bond donors (Lipinski definition) is 1. The number of amides is 1. The zero-order valence-corrected chi connectivity index (χ0v) is 14.8. The van der Waals surface area contributed by atoms with Crippen LogP contribution in [0.3, 0.4) is 0 Å². The topological polar surface area (TPSA) is 69.0 Å². The molecular weight excluding hydrogens is 362 g/mol. The van der Waals surface area contributed by atoms with Crippen LogP contribution in [0.2, 0.25) is 0 Å². The highest BCUT2D eigenvalue weighted by atomic mass is 32.1. The van der Waals surface area contributed by atoms with E-state index in [4.69, 9.17) is 0 Å². The third-order valence-electron chi connectivity index (χ3n) is 3.73. The minimum atomic E-state index is -2.86. The van der Waals surface area contributed by atoms with Gasteiger partial charge in [-0.15, -0.1) is 11.3 Å². The van der Waals surface area contributed by atoms with Gasteiger partial charge in [0.15, 0.2) is 5.13 Å². The van der Waals surface area contributed by atoms with Gasteiger partial charge in [-0.2, -0.15) is 8.78 Å². The fourth-order valence-corrected chi connectivity index (χ4v) is 3.19. The van der Waals surface area contributed by atoms with Crippen LogP contribution in [-0.4, -0.2) is 27.1 Å². The molecule has 2 heterocycles. The van der Waals surface area contributed by atoms with Crippen LogP contribution in [0.15, 0.2) is 43.0 Å². The Morgan fingerprint density at radius 1 is 1.31 bits per heavy atom. The van der Waals surface area contributed by atoms with E-state index in [9.17, 15) is 13.6 Å². The van der Waals surface area contributed by atoms with Gasteiger partial charge in [0, 0.05) is 22.8 Å². The Morgan fingerprint density at radius 3 is 2.65 bits per heavy atom. The molecule has 0 bridgehead atoms. The summed E-state index contributed by atoms with van der Waals surface area (Å²) in [6.45, 7) is 0.784. The van der Waals surface area contributed by atoms with Gasteiger partial charge < -0.3 is 14.6 Å². The fraction of sp³-hybridized carbons (Fsp3) is 0.235. The van der Waals surface area contributed by atoms with Crippen molar-refractivity contribution in [2.75, 3.05) is 5.32 Å². The maximum absolute atomic E-state index is 12.3. The van der Waals surface area contributed by atoms with E-state index in [-0.39, 0.29) is 11.7 Å². The van der Waals surface area contributed by atoms with Crippen molar-refractivity contribution in [2.45, 2.75) is 26.5 Å². The van der Waals surface area contributed by atoms with Crippen molar-refractivity contribution in [1.29, 1.82) is 0 Å². The minimum Gasteiger partial charge on any atom is -0.435 e. The first kappa shape index (κ1) is 18.0. The normalized spacial score (nSPS) is 12.2. The van der Waals surface area contributed by atoms with Gasteiger partial charge in [0.25, 0.3) is 0 Å². The molecule has 1 amide bonds. The Bertz CT molecular complexity index is 879. The molecule has 0 spiro atoms. The number of anilines is 1. The Labute approximate surface area is 152 Å². The Hall–Kier alpha value is -2.81. The van der Waals surface area contributed by atoms with Gasteiger partial charge in [0.2, 0.25) is 5.91 Å². The number of rotatable bonds is 6. The number of benzene rings is 1. The molecule has 0 fully saturated rings. The quantitative estimate of drug-likeness (QED) is 0.701. The second kappa shape index (κ2) is 7.61. The van der Waals surface area contributed by atoms with Gasteiger partial charge >= 0.3 is 6.61 Å².